The number of hydrogen-bond donors (Lipinski definition) is 4. The summed E-state index contributed by atoms with van der Waals surface area (Å²) in [5, 5.41) is 40.4. The number of amides is 1. The van der Waals surface area contributed by atoms with Gasteiger partial charge in [-0.05, 0) is 70.4 Å². The van der Waals surface area contributed by atoms with E-state index < -0.39 is 112 Å². The second-order valence-corrected chi connectivity index (χ2v) is 17.9. The first-order valence-corrected chi connectivity index (χ1v) is 19.7. The van der Waals surface area contributed by atoms with Crippen LogP contribution in [0.4, 0.5) is 4.79 Å². The molecule has 11 atom stereocenters. The number of Topliss-reactive ketones (excluding diaryl/α,β-unsaturated/α-hetero) is 1. The first kappa shape index (κ1) is 43.0. The monoisotopic (exact) mass is 805 g/mol. The van der Waals surface area contributed by atoms with Gasteiger partial charge in [0, 0.05) is 25.2 Å². The van der Waals surface area contributed by atoms with Crippen molar-refractivity contribution in [1.82, 2.24) is 5.32 Å². The van der Waals surface area contributed by atoms with Gasteiger partial charge in [0.1, 0.15) is 35.6 Å². The molecule has 1 saturated heterocycles. The molecule has 2 aromatic carbocycles. The van der Waals surface area contributed by atoms with Crippen molar-refractivity contribution in [3.05, 3.63) is 82.9 Å². The number of aliphatic hydroxyl groups is 3. The maximum absolute atomic E-state index is 15.0. The van der Waals surface area contributed by atoms with Crippen LogP contribution in [-0.4, -0.2) is 99.0 Å². The third-order valence-corrected chi connectivity index (χ3v) is 12.9. The van der Waals surface area contributed by atoms with Crippen molar-refractivity contribution >= 4 is 29.8 Å². The van der Waals surface area contributed by atoms with Crippen molar-refractivity contribution in [2.75, 3.05) is 6.61 Å². The number of fused-ring (bicyclic) bond motifs is 5. The number of alkyl carbamates (subject to hydrolysis) is 1. The van der Waals surface area contributed by atoms with E-state index in [-0.39, 0.29) is 29.7 Å². The normalized spacial score (nSPS) is 33.7. The molecule has 2 aromatic rings. The van der Waals surface area contributed by atoms with Gasteiger partial charge in [0.05, 0.1) is 41.6 Å². The average molecular weight is 806 g/mol. The highest BCUT2D eigenvalue weighted by atomic mass is 16.6. The Hall–Kier alpha value is -4.63. The van der Waals surface area contributed by atoms with Gasteiger partial charge in [-0.25, -0.2) is 9.59 Å². The van der Waals surface area contributed by atoms with Crippen LogP contribution in [0.15, 0.2) is 71.8 Å². The summed E-state index contributed by atoms with van der Waals surface area (Å²) in [4.78, 5) is 69.4. The van der Waals surface area contributed by atoms with E-state index in [4.69, 9.17) is 23.7 Å². The number of nitrogens with one attached hydrogen (secondary N) is 1. The summed E-state index contributed by atoms with van der Waals surface area (Å²) in [5.74, 6) is -5.80. The zero-order valence-electron chi connectivity index (χ0n) is 34.4. The molecule has 0 aromatic heterocycles. The topological polar surface area (TPSA) is 204 Å². The van der Waals surface area contributed by atoms with Crippen LogP contribution in [0.3, 0.4) is 0 Å². The fourth-order valence-corrected chi connectivity index (χ4v) is 9.75. The van der Waals surface area contributed by atoms with Crippen molar-refractivity contribution in [1.29, 1.82) is 0 Å². The summed E-state index contributed by atoms with van der Waals surface area (Å²) in [6.45, 7) is 13.8. The molecule has 3 aliphatic carbocycles. The Kier molecular flexibility index (Phi) is 11.3. The highest BCUT2D eigenvalue weighted by Crippen LogP contribution is 2.64. The zero-order valence-corrected chi connectivity index (χ0v) is 34.4. The Morgan fingerprint density at radius 3 is 2.10 bits per heavy atom. The molecule has 6 rings (SSSR count). The van der Waals surface area contributed by atoms with E-state index >= 15 is 0 Å². The Morgan fingerprint density at radius 1 is 0.948 bits per heavy atom. The number of esters is 3. The van der Waals surface area contributed by atoms with Crippen LogP contribution in [0.2, 0.25) is 0 Å². The molecule has 4 N–H and O–H groups in total. The van der Waals surface area contributed by atoms with Crippen LogP contribution in [0.5, 0.6) is 0 Å². The molecule has 0 radical (unpaired) electrons. The van der Waals surface area contributed by atoms with Gasteiger partial charge in [-0.1, -0.05) is 62.4 Å². The number of ketones is 1. The first-order valence-electron chi connectivity index (χ1n) is 19.7. The summed E-state index contributed by atoms with van der Waals surface area (Å²) in [6, 6.07) is 15.8. The fourth-order valence-electron chi connectivity index (χ4n) is 9.75. The average Bonchev–Trinajstić information content (AvgIpc) is 3.14. The van der Waals surface area contributed by atoms with Crippen LogP contribution < -0.4 is 5.32 Å². The third-order valence-electron chi connectivity index (χ3n) is 12.9. The van der Waals surface area contributed by atoms with Crippen LogP contribution >= 0.6 is 0 Å². The van der Waals surface area contributed by atoms with Gasteiger partial charge in [0.25, 0.3) is 0 Å². The number of carbonyl (C=O) groups excluding carboxylic acids is 5. The molecule has 2 bridgehead atoms. The highest BCUT2D eigenvalue weighted by Gasteiger charge is 2.78. The summed E-state index contributed by atoms with van der Waals surface area (Å²) >= 11 is 0. The third kappa shape index (κ3) is 7.11. The molecule has 4 aliphatic rings. The summed E-state index contributed by atoms with van der Waals surface area (Å²) in [5.41, 5.74) is -7.35. The fraction of sp³-hybridized carbons (Fsp3) is 0.568. The highest BCUT2D eigenvalue weighted by molar-refractivity contribution is 5.94. The van der Waals surface area contributed by atoms with Gasteiger partial charge < -0.3 is 44.3 Å². The molecule has 5 unspecified atom stereocenters. The molecule has 1 aliphatic heterocycles. The van der Waals surface area contributed by atoms with Gasteiger partial charge >= 0.3 is 24.0 Å². The minimum absolute atomic E-state index is 0.0179. The minimum Gasteiger partial charge on any atom is -0.457 e. The molecular formula is C44H55NO13. The SMILES string of the molecule is CC(=O)O[C@@]12COC1C[C@H](O)C1(C)C(=O)C(O)C3=C(C)[C@@H](OC(=O)[C@H](C)[C@@H](NC(=O)OC(C)(C)C)c4ccccc4)CC(O)([C@@H](OC(=O)c4ccccc4)C12)C3(C)C. The second kappa shape index (κ2) is 15.2. The molecule has 58 heavy (non-hydrogen) atoms. The van der Waals surface area contributed by atoms with E-state index in [1.54, 1.807) is 97.0 Å². The van der Waals surface area contributed by atoms with Crippen LogP contribution in [0.25, 0.3) is 0 Å². The first-order chi connectivity index (χ1) is 27.0. The molecule has 1 amide bonds. The number of rotatable bonds is 8. The Balaban J connectivity index is 1.49. The summed E-state index contributed by atoms with van der Waals surface area (Å²) in [6.07, 6.45) is -8.79. The zero-order chi connectivity index (χ0) is 42.7. The van der Waals surface area contributed by atoms with E-state index in [2.05, 4.69) is 5.32 Å². The smallest absolute Gasteiger partial charge is 0.408 e. The summed E-state index contributed by atoms with van der Waals surface area (Å²) in [7, 11) is 0. The lowest BCUT2D eigenvalue weighted by molar-refractivity contribution is -0.346. The Labute approximate surface area is 338 Å². The Morgan fingerprint density at radius 2 is 1.55 bits per heavy atom. The maximum atomic E-state index is 15.0. The van der Waals surface area contributed by atoms with Crippen molar-refractivity contribution in [2.24, 2.45) is 22.7 Å². The molecule has 14 heteroatoms. The van der Waals surface area contributed by atoms with Crippen molar-refractivity contribution in [3.8, 4) is 0 Å². The van der Waals surface area contributed by atoms with Crippen LogP contribution in [0.1, 0.15) is 97.1 Å². The Bertz CT molecular complexity index is 1970. The van der Waals surface area contributed by atoms with E-state index in [1.807, 2.05) is 0 Å². The van der Waals surface area contributed by atoms with Gasteiger partial charge in [-0.2, -0.15) is 0 Å². The molecule has 314 valence electrons. The van der Waals surface area contributed by atoms with Gasteiger partial charge in [-0.3, -0.25) is 14.4 Å². The quantitative estimate of drug-likeness (QED) is 0.165. The van der Waals surface area contributed by atoms with E-state index in [0.29, 0.717) is 5.56 Å². The van der Waals surface area contributed by atoms with Crippen LogP contribution in [-0.2, 0) is 38.1 Å². The lowest BCUT2D eigenvalue weighted by Crippen LogP contribution is -2.81. The summed E-state index contributed by atoms with van der Waals surface area (Å²) < 4.78 is 30.0. The molecule has 2 saturated carbocycles. The molecular weight excluding hydrogens is 750 g/mol. The van der Waals surface area contributed by atoms with E-state index in [9.17, 15) is 39.3 Å². The lowest BCUT2D eigenvalue weighted by atomic mass is 9.44. The van der Waals surface area contributed by atoms with Crippen molar-refractivity contribution in [2.45, 2.75) is 129 Å². The maximum Gasteiger partial charge on any atom is 0.408 e. The molecule has 14 nitrogen and oxygen atoms in total. The van der Waals surface area contributed by atoms with Gasteiger partial charge in [-0.15, -0.1) is 0 Å². The largest absolute Gasteiger partial charge is 0.457 e. The van der Waals surface area contributed by atoms with Crippen molar-refractivity contribution in [3.63, 3.8) is 0 Å². The van der Waals surface area contributed by atoms with E-state index in [0.717, 1.165) is 0 Å². The number of carbonyl (C=O) groups is 5. The molecule has 0 spiro atoms. The number of hydrogen-bond acceptors (Lipinski definition) is 13. The molecule has 1 heterocycles. The number of benzene rings is 2. The number of aliphatic hydroxyl groups excluding tert-OH is 2. The van der Waals surface area contributed by atoms with E-state index in [1.165, 1.54) is 26.0 Å². The van der Waals surface area contributed by atoms with Crippen LogP contribution in [0, 0.1) is 22.7 Å². The second-order valence-electron chi connectivity index (χ2n) is 17.9. The van der Waals surface area contributed by atoms with Gasteiger partial charge in [0.15, 0.2) is 11.4 Å². The lowest BCUT2D eigenvalue weighted by Gasteiger charge is -2.67. The standard InChI is InChI=1S/C44H55NO13/c1-23-28(55-37(50)24(2)32(26-16-12-10-13-17-26)45-39(52)58-40(4,5)6)21-44(53)36(56-38(51)27-18-14-11-15-19-27)34-42(9,35(49)33(48)31(23)41(44,7)8)29(47)20-30-43(34,22-54-30)57-25(3)46/h10-19,24,28-30,32-34,36,47-48,53H,20-22H2,1-9H3,(H,45,52)/t24-,28+,29+,30?,32-,33?,34?,36+,42?,43+,44?/m1/s1. The predicted molar refractivity (Wildman–Crippen MR) is 207 cm³/mol. The predicted octanol–water partition coefficient (Wildman–Crippen LogP) is 4.53. The number of ether oxygens (including phenoxy) is 5. The van der Waals surface area contributed by atoms with Crippen molar-refractivity contribution < 1.29 is 63.0 Å². The molecule has 3 fully saturated rings. The van der Waals surface area contributed by atoms with Gasteiger partial charge in [0.2, 0.25) is 0 Å². The minimum atomic E-state index is -2.27.